The third kappa shape index (κ3) is 7.30. The van der Waals surface area contributed by atoms with Gasteiger partial charge >= 0.3 is 6.09 Å². The normalized spacial score (nSPS) is 12.5. The Bertz CT molecular complexity index is 130. The molecule has 0 rings (SSSR count). The number of amides is 1. The molecule has 1 unspecified atom stereocenters. The number of ether oxygens (including phenoxy) is 1. The van der Waals surface area contributed by atoms with E-state index in [1.165, 1.54) is 0 Å². The summed E-state index contributed by atoms with van der Waals surface area (Å²) in [5.74, 6) is 0. The van der Waals surface area contributed by atoms with Gasteiger partial charge in [0.15, 0.2) is 0 Å². The Morgan fingerprint density at radius 3 is 2.67 bits per heavy atom. The average molecular weight is 176 g/mol. The summed E-state index contributed by atoms with van der Waals surface area (Å²) in [5, 5.41) is 8.55. The fourth-order valence-corrected chi connectivity index (χ4v) is 0.773. The van der Waals surface area contributed by atoms with Crippen molar-refractivity contribution >= 4 is 6.09 Å². The predicted octanol–water partition coefficient (Wildman–Crippen LogP) is -0.428. The zero-order chi connectivity index (χ0) is 9.40. The lowest BCUT2D eigenvalue weighted by atomic mass is 10.1. The second-order valence-electron chi connectivity index (χ2n) is 2.61. The fourth-order valence-electron chi connectivity index (χ4n) is 0.773. The number of carbonyl (C=O) groups excluding carboxylic acids is 1. The molecule has 1 atom stereocenters. The van der Waals surface area contributed by atoms with Gasteiger partial charge in [-0.25, -0.2) is 4.79 Å². The van der Waals surface area contributed by atoms with Crippen LogP contribution in [0.2, 0.25) is 0 Å². The Morgan fingerprint density at radius 1 is 1.50 bits per heavy atom. The molecule has 0 radical (unpaired) electrons. The molecule has 0 aromatic carbocycles. The van der Waals surface area contributed by atoms with E-state index in [9.17, 15) is 4.79 Å². The first-order valence-corrected chi connectivity index (χ1v) is 3.95. The molecule has 0 fully saturated rings. The number of carbonyl (C=O) groups is 1. The first-order valence-electron chi connectivity index (χ1n) is 3.95. The molecular formula is C7H16N2O3. The fraction of sp³-hybridized carbons (Fsp3) is 0.857. The van der Waals surface area contributed by atoms with Crippen molar-refractivity contribution in [3.8, 4) is 0 Å². The van der Waals surface area contributed by atoms with Crippen molar-refractivity contribution < 1.29 is 14.6 Å². The van der Waals surface area contributed by atoms with Crippen molar-refractivity contribution in [1.82, 2.24) is 0 Å². The molecule has 5 N–H and O–H groups in total. The van der Waals surface area contributed by atoms with Crippen LogP contribution in [-0.2, 0) is 4.74 Å². The molecule has 0 bridgehead atoms. The second-order valence-corrected chi connectivity index (χ2v) is 2.61. The summed E-state index contributed by atoms with van der Waals surface area (Å²) in [5.41, 5.74) is 10.2. The molecule has 0 saturated carbocycles. The highest BCUT2D eigenvalue weighted by atomic mass is 16.5. The third-order valence-electron chi connectivity index (χ3n) is 1.45. The summed E-state index contributed by atoms with van der Waals surface area (Å²) >= 11 is 0. The van der Waals surface area contributed by atoms with Crippen LogP contribution < -0.4 is 11.5 Å². The zero-order valence-electron chi connectivity index (χ0n) is 7.03. The minimum absolute atomic E-state index is 0.00330. The summed E-state index contributed by atoms with van der Waals surface area (Å²) in [6.45, 7) is 0.324. The monoisotopic (exact) mass is 176 g/mol. The van der Waals surface area contributed by atoms with Crippen molar-refractivity contribution in [2.45, 2.75) is 25.3 Å². The lowest BCUT2D eigenvalue weighted by molar-refractivity contribution is 0.153. The molecule has 72 valence electrons. The van der Waals surface area contributed by atoms with Crippen LogP contribution in [0.15, 0.2) is 0 Å². The van der Waals surface area contributed by atoms with Gasteiger partial charge in [0.2, 0.25) is 0 Å². The summed E-state index contributed by atoms with van der Waals surface area (Å²) in [6, 6.07) is -0.168. The van der Waals surface area contributed by atoms with Crippen molar-refractivity contribution in [2.75, 3.05) is 13.2 Å². The number of nitrogens with two attached hydrogens (primary N) is 2. The van der Waals surface area contributed by atoms with Crippen LogP contribution in [0.3, 0.4) is 0 Å². The Balaban J connectivity index is 3.05. The maximum atomic E-state index is 10.1. The highest BCUT2D eigenvalue weighted by molar-refractivity contribution is 5.64. The number of primary amides is 1. The SMILES string of the molecule is NC(=O)OCCCCC(N)CO. The molecular weight excluding hydrogens is 160 g/mol. The van der Waals surface area contributed by atoms with Crippen LogP contribution in [0, 0.1) is 0 Å². The van der Waals surface area contributed by atoms with Gasteiger partial charge in [0.25, 0.3) is 0 Å². The molecule has 0 aliphatic heterocycles. The third-order valence-corrected chi connectivity index (χ3v) is 1.45. The van der Waals surface area contributed by atoms with Crippen molar-refractivity contribution in [3.63, 3.8) is 0 Å². The van der Waals surface area contributed by atoms with Crippen molar-refractivity contribution in [1.29, 1.82) is 0 Å². The number of aliphatic hydroxyl groups excluding tert-OH is 1. The Kier molecular flexibility index (Phi) is 6.41. The number of unbranched alkanes of at least 4 members (excludes halogenated alkanes) is 1. The molecule has 5 heteroatoms. The van der Waals surface area contributed by atoms with Crippen LogP contribution in [-0.4, -0.2) is 30.5 Å². The minimum Gasteiger partial charge on any atom is -0.450 e. The second kappa shape index (κ2) is 6.87. The van der Waals surface area contributed by atoms with Crippen LogP contribution >= 0.6 is 0 Å². The van der Waals surface area contributed by atoms with Crippen LogP contribution in [0.25, 0.3) is 0 Å². The number of rotatable bonds is 6. The molecule has 0 spiro atoms. The number of hydrogen-bond acceptors (Lipinski definition) is 4. The first-order chi connectivity index (χ1) is 5.66. The molecule has 0 aromatic rings. The van der Waals surface area contributed by atoms with E-state index in [1.54, 1.807) is 0 Å². The molecule has 0 heterocycles. The van der Waals surface area contributed by atoms with Gasteiger partial charge in [-0.15, -0.1) is 0 Å². The number of hydrogen-bond donors (Lipinski definition) is 3. The summed E-state index contributed by atoms with van der Waals surface area (Å²) < 4.78 is 4.49. The van der Waals surface area contributed by atoms with Gasteiger partial charge in [-0.1, -0.05) is 0 Å². The van der Waals surface area contributed by atoms with Gasteiger partial charge in [-0.05, 0) is 19.3 Å². The van der Waals surface area contributed by atoms with Crippen LogP contribution in [0.1, 0.15) is 19.3 Å². The van der Waals surface area contributed by atoms with E-state index in [0.29, 0.717) is 6.61 Å². The van der Waals surface area contributed by atoms with E-state index in [0.717, 1.165) is 19.3 Å². The van der Waals surface area contributed by atoms with E-state index in [4.69, 9.17) is 16.6 Å². The van der Waals surface area contributed by atoms with Gasteiger partial charge in [-0.2, -0.15) is 0 Å². The van der Waals surface area contributed by atoms with Crippen LogP contribution in [0.5, 0.6) is 0 Å². The number of aliphatic hydroxyl groups is 1. The van der Waals surface area contributed by atoms with Crippen molar-refractivity contribution in [3.05, 3.63) is 0 Å². The highest BCUT2D eigenvalue weighted by Crippen LogP contribution is 1.98. The Hall–Kier alpha value is -0.810. The molecule has 1 amide bonds. The average Bonchev–Trinajstić information content (AvgIpc) is 2.03. The van der Waals surface area contributed by atoms with Crippen LogP contribution in [0.4, 0.5) is 4.79 Å². The summed E-state index contributed by atoms with van der Waals surface area (Å²) in [4.78, 5) is 10.1. The maximum Gasteiger partial charge on any atom is 0.404 e. The molecule has 5 nitrogen and oxygen atoms in total. The molecule has 0 aliphatic rings. The summed E-state index contributed by atoms with van der Waals surface area (Å²) in [7, 11) is 0. The van der Waals surface area contributed by atoms with Gasteiger partial charge < -0.3 is 21.3 Å². The van der Waals surface area contributed by atoms with Gasteiger partial charge in [0.05, 0.1) is 13.2 Å². The minimum atomic E-state index is -0.749. The molecule has 0 aliphatic carbocycles. The largest absolute Gasteiger partial charge is 0.450 e. The molecule has 0 aromatic heterocycles. The van der Waals surface area contributed by atoms with Gasteiger partial charge in [0.1, 0.15) is 0 Å². The van der Waals surface area contributed by atoms with E-state index < -0.39 is 6.09 Å². The lowest BCUT2D eigenvalue weighted by Gasteiger charge is -2.06. The van der Waals surface area contributed by atoms with Gasteiger partial charge in [-0.3, -0.25) is 0 Å². The van der Waals surface area contributed by atoms with E-state index in [-0.39, 0.29) is 12.6 Å². The first kappa shape index (κ1) is 11.2. The maximum absolute atomic E-state index is 10.1. The summed E-state index contributed by atoms with van der Waals surface area (Å²) in [6.07, 6.45) is 1.55. The quantitative estimate of drug-likeness (QED) is 0.478. The lowest BCUT2D eigenvalue weighted by Crippen LogP contribution is -2.24. The topological polar surface area (TPSA) is 98.6 Å². The van der Waals surface area contributed by atoms with Gasteiger partial charge in [0, 0.05) is 6.04 Å². The van der Waals surface area contributed by atoms with E-state index >= 15 is 0 Å². The predicted molar refractivity (Wildman–Crippen MR) is 44.4 cm³/mol. The standard InChI is InChI=1S/C7H16N2O3/c8-6(5-10)3-1-2-4-12-7(9)11/h6,10H,1-5,8H2,(H2,9,11). The van der Waals surface area contributed by atoms with E-state index in [1.807, 2.05) is 0 Å². The molecule has 0 saturated heterocycles. The zero-order valence-corrected chi connectivity index (χ0v) is 7.03. The van der Waals surface area contributed by atoms with Crippen molar-refractivity contribution in [2.24, 2.45) is 11.5 Å². The Morgan fingerprint density at radius 2 is 2.17 bits per heavy atom. The van der Waals surface area contributed by atoms with E-state index in [2.05, 4.69) is 4.74 Å². The highest BCUT2D eigenvalue weighted by Gasteiger charge is 1.99. The Labute approximate surface area is 71.7 Å². The smallest absolute Gasteiger partial charge is 0.404 e. The molecule has 12 heavy (non-hydrogen) atoms.